The molecular formula is C12H16O6. The lowest BCUT2D eigenvalue weighted by molar-refractivity contribution is -0.0925. The average Bonchev–Trinajstić information content (AvgIpc) is 2.43. The van der Waals surface area contributed by atoms with E-state index in [0.29, 0.717) is 5.56 Å². The number of aliphatic hydroxyl groups excluding tert-OH is 4. The monoisotopic (exact) mass is 256 g/mol. The highest BCUT2D eigenvalue weighted by molar-refractivity contribution is 5.89. The van der Waals surface area contributed by atoms with Crippen molar-refractivity contribution < 1.29 is 30.0 Å². The number of hydrogen-bond acceptors (Lipinski definition) is 6. The highest BCUT2D eigenvalue weighted by Gasteiger charge is 2.25. The van der Waals surface area contributed by atoms with Crippen LogP contribution >= 0.6 is 0 Å². The largest absolute Gasteiger partial charge is 0.459 e. The first-order chi connectivity index (χ1) is 8.56. The molecule has 0 unspecified atom stereocenters. The number of hydrogen-bond donors (Lipinski definition) is 4. The first kappa shape index (κ1) is 14.6. The number of aliphatic hydroxyl groups is 4. The summed E-state index contributed by atoms with van der Waals surface area (Å²) in [6.45, 7) is -1.16. The fourth-order valence-electron chi connectivity index (χ4n) is 1.28. The highest BCUT2D eigenvalue weighted by Crippen LogP contribution is 2.04. The van der Waals surface area contributed by atoms with E-state index in [1.165, 1.54) is 0 Å². The Labute approximate surface area is 104 Å². The zero-order chi connectivity index (χ0) is 13.5. The van der Waals surface area contributed by atoms with Crippen molar-refractivity contribution in [3.05, 3.63) is 35.9 Å². The molecule has 6 nitrogen and oxygen atoms in total. The molecule has 0 amide bonds. The van der Waals surface area contributed by atoms with Gasteiger partial charge in [0.1, 0.15) is 24.9 Å². The second kappa shape index (κ2) is 7.07. The molecule has 0 aliphatic carbocycles. The van der Waals surface area contributed by atoms with Crippen molar-refractivity contribution in [3.63, 3.8) is 0 Å². The summed E-state index contributed by atoms with van der Waals surface area (Å²) < 4.78 is 4.76. The summed E-state index contributed by atoms with van der Waals surface area (Å²) in [4.78, 5) is 11.5. The van der Waals surface area contributed by atoms with Crippen LogP contribution in [0.1, 0.15) is 10.4 Å². The van der Waals surface area contributed by atoms with Gasteiger partial charge in [0.25, 0.3) is 0 Å². The van der Waals surface area contributed by atoms with Crippen LogP contribution in [0.15, 0.2) is 30.3 Å². The van der Waals surface area contributed by atoms with Gasteiger partial charge in [-0.3, -0.25) is 0 Å². The predicted octanol–water partition coefficient (Wildman–Crippen LogP) is -1.08. The lowest BCUT2D eigenvalue weighted by Crippen LogP contribution is -2.42. The summed E-state index contributed by atoms with van der Waals surface area (Å²) in [5, 5.41) is 36.4. The van der Waals surface area contributed by atoms with Crippen LogP contribution in [0, 0.1) is 0 Å². The number of esters is 1. The van der Waals surface area contributed by atoms with Gasteiger partial charge in [-0.2, -0.15) is 0 Å². The van der Waals surface area contributed by atoms with E-state index in [4.69, 9.17) is 14.9 Å². The van der Waals surface area contributed by atoms with Gasteiger partial charge in [-0.25, -0.2) is 4.79 Å². The van der Waals surface area contributed by atoms with E-state index >= 15 is 0 Å². The lowest BCUT2D eigenvalue weighted by Gasteiger charge is -2.21. The first-order valence-electron chi connectivity index (χ1n) is 5.43. The van der Waals surface area contributed by atoms with Gasteiger partial charge in [0.2, 0.25) is 0 Å². The summed E-state index contributed by atoms with van der Waals surface area (Å²) >= 11 is 0. The summed E-state index contributed by atoms with van der Waals surface area (Å²) in [7, 11) is 0. The molecule has 3 atom stereocenters. The Kier molecular flexibility index (Phi) is 5.73. The van der Waals surface area contributed by atoms with E-state index in [1.54, 1.807) is 30.3 Å². The van der Waals surface area contributed by atoms with E-state index < -0.39 is 37.5 Å². The van der Waals surface area contributed by atoms with Crippen molar-refractivity contribution in [2.45, 2.75) is 18.3 Å². The Morgan fingerprint density at radius 1 is 1.11 bits per heavy atom. The molecule has 0 heterocycles. The van der Waals surface area contributed by atoms with Gasteiger partial charge < -0.3 is 25.2 Å². The van der Waals surface area contributed by atoms with E-state index in [-0.39, 0.29) is 0 Å². The molecule has 4 N–H and O–H groups in total. The summed E-state index contributed by atoms with van der Waals surface area (Å²) in [6.07, 6.45) is -4.51. The van der Waals surface area contributed by atoms with Crippen LogP contribution in [0.5, 0.6) is 0 Å². The SMILES string of the molecule is O=C(OC[C@H](O)[C@@H](O)[C@H](O)CO)c1ccccc1. The summed E-state index contributed by atoms with van der Waals surface area (Å²) in [5.74, 6) is -0.639. The highest BCUT2D eigenvalue weighted by atomic mass is 16.5. The predicted molar refractivity (Wildman–Crippen MR) is 61.8 cm³/mol. The van der Waals surface area contributed by atoms with Crippen LogP contribution in [-0.4, -0.2) is 57.9 Å². The smallest absolute Gasteiger partial charge is 0.338 e. The van der Waals surface area contributed by atoms with Crippen molar-refractivity contribution in [1.82, 2.24) is 0 Å². The fourth-order valence-corrected chi connectivity index (χ4v) is 1.28. The van der Waals surface area contributed by atoms with Gasteiger partial charge in [0.05, 0.1) is 12.2 Å². The number of ether oxygens (including phenoxy) is 1. The van der Waals surface area contributed by atoms with Crippen molar-refractivity contribution in [3.8, 4) is 0 Å². The van der Waals surface area contributed by atoms with E-state index in [1.807, 2.05) is 0 Å². The van der Waals surface area contributed by atoms with Gasteiger partial charge in [0, 0.05) is 0 Å². The number of carbonyl (C=O) groups excluding carboxylic acids is 1. The molecule has 100 valence electrons. The van der Waals surface area contributed by atoms with E-state index in [2.05, 4.69) is 0 Å². The van der Waals surface area contributed by atoms with Crippen molar-refractivity contribution >= 4 is 5.97 Å². The van der Waals surface area contributed by atoms with Crippen LogP contribution in [0.25, 0.3) is 0 Å². The van der Waals surface area contributed by atoms with Crippen molar-refractivity contribution in [1.29, 1.82) is 0 Å². The lowest BCUT2D eigenvalue weighted by atomic mass is 10.1. The van der Waals surface area contributed by atoms with Crippen LogP contribution in [-0.2, 0) is 4.74 Å². The molecule has 6 heteroatoms. The van der Waals surface area contributed by atoms with E-state index in [0.717, 1.165) is 0 Å². The summed E-state index contributed by atoms with van der Waals surface area (Å²) in [5.41, 5.74) is 0.321. The maximum atomic E-state index is 11.5. The molecule has 0 aromatic heterocycles. The third kappa shape index (κ3) is 4.08. The molecule has 0 aliphatic heterocycles. The third-order valence-corrected chi connectivity index (χ3v) is 2.37. The number of rotatable bonds is 6. The molecule has 18 heavy (non-hydrogen) atoms. The van der Waals surface area contributed by atoms with Gasteiger partial charge in [-0.1, -0.05) is 18.2 Å². The molecule has 0 fully saturated rings. The van der Waals surface area contributed by atoms with Crippen LogP contribution in [0.3, 0.4) is 0 Å². The molecule has 1 aromatic carbocycles. The zero-order valence-corrected chi connectivity index (χ0v) is 9.64. The van der Waals surface area contributed by atoms with Gasteiger partial charge >= 0.3 is 5.97 Å². The zero-order valence-electron chi connectivity index (χ0n) is 9.64. The standard InChI is InChI=1S/C12H16O6/c13-6-9(14)11(16)10(15)7-18-12(17)8-4-2-1-3-5-8/h1-5,9-11,13-16H,6-7H2/t9-,10+,11+/m1/s1. The molecule has 0 saturated carbocycles. The van der Waals surface area contributed by atoms with Gasteiger partial charge in [0.15, 0.2) is 0 Å². The number of carbonyl (C=O) groups is 1. The maximum absolute atomic E-state index is 11.5. The Bertz CT molecular complexity index is 366. The van der Waals surface area contributed by atoms with Crippen LogP contribution in [0.4, 0.5) is 0 Å². The molecule has 1 aromatic rings. The Hall–Kier alpha value is -1.47. The Balaban J connectivity index is 2.43. The quantitative estimate of drug-likeness (QED) is 0.482. The molecule has 0 radical (unpaired) electrons. The third-order valence-electron chi connectivity index (χ3n) is 2.37. The molecule has 0 bridgehead atoms. The fraction of sp³-hybridized carbons (Fsp3) is 0.417. The molecule has 0 spiro atoms. The van der Waals surface area contributed by atoms with Crippen LogP contribution in [0.2, 0.25) is 0 Å². The average molecular weight is 256 g/mol. The van der Waals surface area contributed by atoms with Crippen molar-refractivity contribution in [2.75, 3.05) is 13.2 Å². The second-order valence-corrected chi connectivity index (χ2v) is 3.77. The second-order valence-electron chi connectivity index (χ2n) is 3.77. The van der Waals surface area contributed by atoms with Crippen molar-refractivity contribution in [2.24, 2.45) is 0 Å². The van der Waals surface area contributed by atoms with Gasteiger partial charge in [-0.15, -0.1) is 0 Å². The normalized spacial score (nSPS) is 15.8. The minimum absolute atomic E-state index is 0.321. The van der Waals surface area contributed by atoms with Gasteiger partial charge in [-0.05, 0) is 12.1 Å². The van der Waals surface area contributed by atoms with E-state index in [9.17, 15) is 15.0 Å². The first-order valence-corrected chi connectivity index (χ1v) is 5.43. The van der Waals surface area contributed by atoms with Crippen LogP contribution < -0.4 is 0 Å². The minimum atomic E-state index is -1.57. The maximum Gasteiger partial charge on any atom is 0.338 e. The topological polar surface area (TPSA) is 107 Å². The Morgan fingerprint density at radius 3 is 2.28 bits per heavy atom. The molecule has 0 saturated heterocycles. The molecule has 1 rings (SSSR count). The molecular weight excluding hydrogens is 240 g/mol. The number of benzene rings is 1. The summed E-state index contributed by atoms with van der Waals surface area (Å²) in [6, 6.07) is 8.17. The minimum Gasteiger partial charge on any atom is -0.459 e. The molecule has 0 aliphatic rings. The Morgan fingerprint density at radius 2 is 1.72 bits per heavy atom.